The molecule has 3 N–H and O–H groups in total. The first-order chi connectivity index (χ1) is 12.7. The van der Waals surface area contributed by atoms with Crippen molar-refractivity contribution >= 4 is 28.9 Å². The monoisotopic (exact) mass is 348 g/mol. The minimum atomic E-state index is -0.295. The second-order valence-electron chi connectivity index (χ2n) is 5.85. The number of nitrogens with zero attached hydrogens (tertiary/aromatic N) is 1. The SMILES string of the molecule is O=C(CCC(=O)NN=Cc1c[nH]c2ccccc12)NCc1ccccc1. The van der Waals surface area contributed by atoms with E-state index < -0.39 is 0 Å². The van der Waals surface area contributed by atoms with Crippen LogP contribution in [0.15, 0.2) is 65.9 Å². The number of hydrogen-bond donors (Lipinski definition) is 3. The standard InChI is InChI=1S/C20H20N4O2/c25-19(22-12-15-6-2-1-3-7-15)10-11-20(26)24-23-14-16-13-21-18-9-5-4-8-17(16)18/h1-9,13-14,21H,10-12H2,(H,22,25)(H,24,26). The van der Waals surface area contributed by atoms with E-state index in [1.54, 1.807) is 6.21 Å². The van der Waals surface area contributed by atoms with Crippen LogP contribution in [0.5, 0.6) is 0 Å². The first-order valence-corrected chi connectivity index (χ1v) is 8.41. The van der Waals surface area contributed by atoms with Gasteiger partial charge in [0.2, 0.25) is 11.8 Å². The lowest BCUT2D eigenvalue weighted by Gasteiger charge is -2.04. The Morgan fingerprint density at radius 2 is 1.69 bits per heavy atom. The van der Waals surface area contributed by atoms with Crippen LogP contribution >= 0.6 is 0 Å². The average Bonchev–Trinajstić information content (AvgIpc) is 3.09. The number of rotatable bonds is 7. The van der Waals surface area contributed by atoms with E-state index in [1.165, 1.54) is 0 Å². The van der Waals surface area contributed by atoms with Crippen molar-refractivity contribution in [1.29, 1.82) is 0 Å². The zero-order valence-corrected chi connectivity index (χ0v) is 14.2. The number of para-hydroxylation sites is 1. The second-order valence-corrected chi connectivity index (χ2v) is 5.85. The number of benzene rings is 2. The summed E-state index contributed by atoms with van der Waals surface area (Å²) < 4.78 is 0. The summed E-state index contributed by atoms with van der Waals surface area (Å²) in [5, 5.41) is 7.78. The number of nitrogens with one attached hydrogen (secondary N) is 3. The molecule has 0 bridgehead atoms. The summed E-state index contributed by atoms with van der Waals surface area (Å²) in [7, 11) is 0. The Balaban J connectivity index is 1.40. The second kappa shape index (κ2) is 8.62. The maximum Gasteiger partial charge on any atom is 0.240 e. The number of hydrogen-bond acceptors (Lipinski definition) is 3. The third-order valence-corrected chi connectivity index (χ3v) is 3.93. The van der Waals surface area contributed by atoms with Crippen molar-refractivity contribution in [3.05, 3.63) is 71.9 Å². The van der Waals surface area contributed by atoms with Crippen LogP contribution in [0.1, 0.15) is 24.0 Å². The fourth-order valence-electron chi connectivity index (χ4n) is 2.54. The van der Waals surface area contributed by atoms with Crippen LogP contribution in [0.25, 0.3) is 10.9 Å². The predicted molar refractivity (Wildman–Crippen MR) is 102 cm³/mol. The number of H-pyrrole nitrogens is 1. The molecular weight excluding hydrogens is 328 g/mol. The van der Waals surface area contributed by atoms with Crippen LogP contribution in [0.3, 0.4) is 0 Å². The van der Waals surface area contributed by atoms with E-state index >= 15 is 0 Å². The number of hydrazone groups is 1. The van der Waals surface area contributed by atoms with Crippen LogP contribution in [0.4, 0.5) is 0 Å². The molecule has 2 aromatic carbocycles. The van der Waals surface area contributed by atoms with Crippen molar-refractivity contribution in [1.82, 2.24) is 15.7 Å². The van der Waals surface area contributed by atoms with E-state index in [-0.39, 0.29) is 24.7 Å². The summed E-state index contributed by atoms with van der Waals surface area (Å²) >= 11 is 0. The Morgan fingerprint density at radius 3 is 2.54 bits per heavy atom. The number of amides is 2. The number of aromatic nitrogens is 1. The summed E-state index contributed by atoms with van der Waals surface area (Å²) in [5.41, 5.74) is 5.37. The van der Waals surface area contributed by atoms with E-state index in [9.17, 15) is 9.59 Å². The fraction of sp³-hybridized carbons (Fsp3) is 0.150. The van der Waals surface area contributed by atoms with Gasteiger partial charge in [-0.05, 0) is 11.6 Å². The van der Waals surface area contributed by atoms with Gasteiger partial charge in [0, 0.05) is 42.0 Å². The van der Waals surface area contributed by atoms with E-state index in [0.29, 0.717) is 6.54 Å². The molecule has 0 aliphatic carbocycles. The van der Waals surface area contributed by atoms with Gasteiger partial charge in [0.05, 0.1) is 6.21 Å². The Labute approximate surface area is 151 Å². The molecule has 0 fully saturated rings. The highest BCUT2D eigenvalue weighted by Gasteiger charge is 2.06. The van der Waals surface area contributed by atoms with Crippen LogP contribution in [0.2, 0.25) is 0 Å². The number of carbonyl (C=O) groups excluding carboxylic acids is 2. The van der Waals surface area contributed by atoms with Crippen molar-refractivity contribution in [2.24, 2.45) is 5.10 Å². The normalized spacial score (nSPS) is 10.9. The van der Waals surface area contributed by atoms with Gasteiger partial charge >= 0.3 is 0 Å². The minimum absolute atomic E-state index is 0.0891. The molecule has 0 unspecified atom stereocenters. The molecule has 0 radical (unpaired) electrons. The third kappa shape index (κ3) is 4.80. The largest absolute Gasteiger partial charge is 0.361 e. The Hall–Kier alpha value is -3.41. The van der Waals surface area contributed by atoms with Gasteiger partial charge in [0.15, 0.2) is 0 Å². The molecule has 3 rings (SSSR count). The van der Waals surface area contributed by atoms with Gasteiger partial charge in [0.1, 0.15) is 0 Å². The molecule has 0 spiro atoms. The lowest BCUT2D eigenvalue weighted by atomic mass is 10.2. The van der Waals surface area contributed by atoms with Crippen LogP contribution in [-0.2, 0) is 16.1 Å². The molecule has 0 atom stereocenters. The first kappa shape index (κ1) is 17.4. The molecule has 1 aromatic heterocycles. The molecule has 0 saturated carbocycles. The van der Waals surface area contributed by atoms with Gasteiger partial charge in [-0.15, -0.1) is 0 Å². The smallest absolute Gasteiger partial charge is 0.240 e. The van der Waals surface area contributed by atoms with Crippen LogP contribution < -0.4 is 10.7 Å². The zero-order valence-electron chi connectivity index (χ0n) is 14.2. The van der Waals surface area contributed by atoms with Crippen molar-refractivity contribution in [3.63, 3.8) is 0 Å². The van der Waals surface area contributed by atoms with Gasteiger partial charge in [-0.25, -0.2) is 5.43 Å². The maximum absolute atomic E-state index is 11.8. The van der Waals surface area contributed by atoms with E-state index in [2.05, 4.69) is 20.8 Å². The summed E-state index contributed by atoms with van der Waals surface area (Å²) in [6.07, 6.45) is 3.64. The quantitative estimate of drug-likeness (QED) is 0.453. The lowest BCUT2D eigenvalue weighted by Crippen LogP contribution is -2.25. The first-order valence-electron chi connectivity index (χ1n) is 8.41. The van der Waals surface area contributed by atoms with E-state index in [4.69, 9.17) is 0 Å². The molecule has 0 aliphatic rings. The number of carbonyl (C=O) groups is 2. The number of aromatic amines is 1. The Kier molecular flexibility index (Phi) is 5.77. The highest BCUT2D eigenvalue weighted by molar-refractivity contribution is 5.99. The van der Waals surface area contributed by atoms with Crippen LogP contribution in [-0.4, -0.2) is 23.0 Å². The summed E-state index contributed by atoms with van der Waals surface area (Å²) in [6.45, 7) is 0.458. The van der Waals surface area contributed by atoms with E-state index in [1.807, 2.05) is 60.8 Å². The topological polar surface area (TPSA) is 86.3 Å². The molecule has 0 saturated heterocycles. The summed E-state index contributed by atoms with van der Waals surface area (Å²) in [6, 6.07) is 17.5. The van der Waals surface area contributed by atoms with Gasteiger partial charge < -0.3 is 10.3 Å². The van der Waals surface area contributed by atoms with Crippen LogP contribution in [0, 0.1) is 0 Å². The molecule has 0 aliphatic heterocycles. The molecule has 6 heteroatoms. The molecule has 2 amide bonds. The zero-order chi connectivity index (χ0) is 18.2. The molecule has 6 nitrogen and oxygen atoms in total. The fourth-order valence-corrected chi connectivity index (χ4v) is 2.54. The molecular formula is C20H20N4O2. The minimum Gasteiger partial charge on any atom is -0.361 e. The van der Waals surface area contributed by atoms with Gasteiger partial charge in [-0.3, -0.25) is 9.59 Å². The summed E-state index contributed by atoms with van der Waals surface area (Å²) in [5.74, 6) is -0.458. The highest BCUT2D eigenvalue weighted by atomic mass is 16.2. The molecule has 3 aromatic rings. The van der Waals surface area contributed by atoms with Gasteiger partial charge in [-0.2, -0.15) is 5.10 Å². The van der Waals surface area contributed by atoms with Crippen molar-refractivity contribution in [2.45, 2.75) is 19.4 Å². The van der Waals surface area contributed by atoms with Crippen molar-refractivity contribution < 1.29 is 9.59 Å². The Morgan fingerprint density at radius 1 is 0.962 bits per heavy atom. The highest BCUT2D eigenvalue weighted by Crippen LogP contribution is 2.15. The van der Waals surface area contributed by atoms with Gasteiger partial charge in [-0.1, -0.05) is 48.5 Å². The van der Waals surface area contributed by atoms with E-state index in [0.717, 1.165) is 22.0 Å². The number of fused-ring (bicyclic) bond motifs is 1. The Bertz CT molecular complexity index is 916. The maximum atomic E-state index is 11.8. The molecule has 26 heavy (non-hydrogen) atoms. The lowest BCUT2D eigenvalue weighted by molar-refractivity contribution is -0.126. The summed E-state index contributed by atoms with van der Waals surface area (Å²) in [4.78, 5) is 26.7. The average molecular weight is 348 g/mol. The third-order valence-electron chi connectivity index (χ3n) is 3.93. The molecule has 1 heterocycles. The molecule has 132 valence electrons. The van der Waals surface area contributed by atoms with Crippen molar-refractivity contribution in [2.75, 3.05) is 0 Å². The van der Waals surface area contributed by atoms with Crippen molar-refractivity contribution in [3.8, 4) is 0 Å². The predicted octanol–water partition coefficient (Wildman–Crippen LogP) is 2.71. The van der Waals surface area contributed by atoms with Gasteiger partial charge in [0.25, 0.3) is 0 Å².